The summed E-state index contributed by atoms with van der Waals surface area (Å²) in [5, 5.41) is 0. The van der Waals surface area contributed by atoms with Crippen molar-refractivity contribution in [1.29, 1.82) is 0 Å². The minimum absolute atomic E-state index is 0.0625. The number of hydrogen-bond donors (Lipinski definition) is 0. The van der Waals surface area contributed by atoms with E-state index in [9.17, 15) is 4.79 Å². The van der Waals surface area contributed by atoms with Crippen molar-refractivity contribution >= 4 is 5.97 Å². The smallest absolute Gasteiger partial charge is 0.305 e. The van der Waals surface area contributed by atoms with E-state index in [1.165, 1.54) is 0 Å². The second kappa shape index (κ2) is 5.73. The molecule has 2 fully saturated rings. The molecule has 0 unspecified atom stereocenters. The minimum Gasteiger partial charge on any atom is -0.487 e. The minimum atomic E-state index is -0.240. The molecule has 2 bridgehead atoms. The molecule has 136 valence electrons. The summed E-state index contributed by atoms with van der Waals surface area (Å²) in [6, 6.07) is 8.24. The number of carbonyl (C=O) groups excluding carboxylic acids is 1. The molecule has 2 aliphatic heterocycles. The monoisotopic (exact) mass is 344 g/mol. The van der Waals surface area contributed by atoms with Crippen molar-refractivity contribution in [2.45, 2.75) is 52.2 Å². The Hall–Kier alpha value is -1.55. The van der Waals surface area contributed by atoms with Gasteiger partial charge in [0.2, 0.25) is 0 Å². The molecule has 4 rings (SSSR count). The van der Waals surface area contributed by atoms with Crippen LogP contribution in [-0.2, 0) is 14.3 Å². The molecule has 1 saturated carbocycles. The predicted molar refractivity (Wildman–Crippen MR) is 94.3 cm³/mol. The highest BCUT2D eigenvalue weighted by Gasteiger charge is 2.64. The number of rotatable bonds is 3. The summed E-state index contributed by atoms with van der Waals surface area (Å²) in [5.74, 6) is 1.82. The maximum absolute atomic E-state index is 11.8. The molecule has 0 spiro atoms. The van der Waals surface area contributed by atoms with Gasteiger partial charge in [0, 0.05) is 23.3 Å². The fourth-order valence-corrected chi connectivity index (χ4v) is 5.57. The maximum Gasteiger partial charge on any atom is 0.305 e. The average molecular weight is 344 g/mol. The van der Waals surface area contributed by atoms with Crippen molar-refractivity contribution < 1.29 is 19.0 Å². The van der Waals surface area contributed by atoms with E-state index in [0.717, 1.165) is 17.7 Å². The van der Waals surface area contributed by atoms with Crippen LogP contribution in [-0.4, -0.2) is 24.8 Å². The zero-order valence-electron chi connectivity index (χ0n) is 15.6. The third kappa shape index (κ3) is 2.33. The Labute approximate surface area is 149 Å². The van der Waals surface area contributed by atoms with E-state index >= 15 is 0 Å². The topological polar surface area (TPSA) is 44.8 Å². The Balaban J connectivity index is 1.72. The average Bonchev–Trinajstić information content (AvgIpc) is 2.59. The normalized spacial score (nSPS) is 41.4. The Morgan fingerprint density at radius 1 is 1.32 bits per heavy atom. The third-order valence-corrected chi connectivity index (χ3v) is 7.06. The first kappa shape index (κ1) is 16.9. The van der Waals surface area contributed by atoms with Crippen molar-refractivity contribution in [3.8, 4) is 5.75 Å². The SMILES string of the molecule is CCC(=O)OC[C@@]12CO[C@@H]3c4ccccc4O[C@@](C)(C[C@@H]1C)[C@@H]3[C@@H]2C. The summed E-state index contributed by atoms with van der Waals surface area (Å²) in [6.07, 6.45) is 1.44. The Morgan fingerprint density at radius 2 is 2.08 bits per heavy atom. The van der Waals surface area contributed by atoms with Gasteiger partial charge in [-0.15, -0.1) is 0 Å². The number of hydrogen-bond acceptors (Lipinski definition) is 4. The summed E-state index contributed by atoms with van der Waals surface area (Å²) in [7, 11) is 0. The number of para-hydroxylation sites is 1. The van der Waals surface area contributed by atoms with Gasteiger partial charge in [0.05, 0.1) is 19.3 Å². The molecule has 1 aromatic carbocycles. The van der Waals surface area contributed by atoms with Gasteiger partial charge in [-0.05, 0) is 31.2 Å². The van der Waals surface area contributed by atoms with E-state index in [2.05, 4.69) is 39.0 Å². The molecule has 0 aromatic heterocycles. The van der Waals surface area contributed by atoms with E-state index < -0.39 is 0 Å². The lowest BCUT2D eigenvalue weighted by molar-refractivity contribution is -0.262. The standard InChI is InChI=1S/C21H28O4/c1-5-17(22)23-11-21-12-24-19-15-8-6-7-9-16(15)25-20(4,10-13(21)2)18(19)14(21)3/h6-9,13-14,18-19H,5,10-12H2,1-4H3/t13-,14-,18+,19+,20-,21+/m0/s1. The molecule has 3 aliphatic rings. The second-order valence-electron chi connectivity index (χ2n) is 8.35. The lowest BCUT2D eigenvalue weighted by Gasteiger charge is -2.63. The molecule has 1 aromatic rings. The van der Waals surface area contributed by atoms with Gasteiger partial charge in [-0.3, -0.25) is 4.79 Å². The number of esters is 1. The second-order valence-corrected chi connectivity index (χ2v) is 8.35. The number of carbonyl (C=O) groups is 1. The first-order valence-corrected chi connectivity index (χ1v) is 9.46. The number of ether oxygens (including phenoxy) is 3. The van der Waals surface area contributed by atoms with E-state index in [-0.39, 0.29) is 29.0 Å². The molecule has 6 atom stereocenters. The van der Waals surface area contributed by atoms with E-state index in [4.69, 9.17) is 14.2 Å². The molecule has 25 heavy (non-hydrogen) atoms. The molecule has 2 heterocycles. The van der Waals surface area contributed by atoms with Crippen LogP contribution in [0, 0.1) is 23.2 Å². The van der Waals surface area contributed by atoms with Gasteiger partial charge in [0.1, 0.15) is 11.4 Å². The highest BCUT2D eigenvalue weighted by atomic mass is 16.5. The van der Waals surface area contributed by atoms with Crippen LogP contribution in [0.3, 0.4) is 0 Å². The van der Waals surface area contributed by atoms with Crippen molar-refractivity contribution in [1.82, 2.24) is 0 Å². The number of fused-ring (bicyclic) bond motifs is 3. The molecular formula is C21H28O4. The highest BCUT2D eigenvalue weighted by Crippen LogP contribution is 2.63. The molecule has 0 amide bonds. The summed E-state index contributed by atoms with van der Waals surface area (Å²) >= 11 is 0. The van der Waals surface area contributed by atoms with Crippen molar-refractivity contribution in [3.63, 3.8) is 0 Å². The number of benzene rings is 1. The molecule has 0 radical (unpaired) electrons. The van der Waals surface area contributed by atoms with Crippen LogP contribution in [0.5, 0.6) is 5.75 Å². The summed E-state index contributed by atoms with van der Waals surface area (Å²) < 4.78 is 18.6. The maximum atomic E-state index is 11.8. The van der Waals surface area contributed by atoms with Gasteiger partial charge in [0.25, 0.3) is 0 Å². The lowest BCUT2D eigenvalue weighted by Crippen LogP contribution is -2.66. The van der Waals surface area contributed by atoms with Crippen LogP contribution in [0.4, 0.5) is 0 Å². The van der Waals surface area contributed by atoms with E-state index in [1.54, 1.807) is 0 Å². The van der Waals surface area contributed by atoms with Gasteiger partial charge >= 0.3 is 5.97 Å². The zero-order chi connectivity index (χ0) is 17.8. The summed E-state index contributed by atoms with van der Waals surface area (Å²) in [6.45, 7) is 9.70. The summed E-state index contributed by atoms with van der Waals surface area (Å²) in [4.78, 5) is 11.8. The van der Waals surface area contributed by atoms with E-state index in [1.807, 2.05) is 13.0 Å². The first-order chi connectivity index (χ1) is 11.9. The van der Waals surface area contributed by atoms with Crippen LogP contribution < -0.4 is 4.74 Å². The van der Waals surface area contributed by atoms with Gasteiger partial charge in [0.15, 0.2) is 0 Å². The molecule has 0 N–H and O–H groups in total. The van der Waals surface area contributed by atoms with Crippen molar-refractivity contribution in [2.24, 2.45) is 23.2 Å². The van der Waals surface area contributed by atoms with Crippen LogP contribution >= 0.6 is 0 Å². The fraction of sp³-hybridized carbons (Fsp3) is 0.667. The van der Waals surface area contributed by atoms with Gasteiger partial charge < -0.3 is 14.2 Å². The van der Waals surface area contributed by atoms with Crippen LogP contribution in [0.25, 0.3) is 0 Å². The van der Waals surface area contributed by atoms with Gasteiger partial charge in [-0.25, -0.2) is 0 Å². The zero-order valence-corrected chi connectivity index (χ0v) is 15.6. The van der Waals surface area contributed by atoms with Crippen molar-refractivity contribution in [2.75, 3.05) is 13.2 Å². The van der Waals surface area contributed by atoms with Crippen LogP contribution in [0.2, 0.25) is 0 Å². The largest absolute Gasteiger partial charge is 0.487 e. The molecular weight excluding hydrogens is 316 g/mol. The van der Waals surface area contributed by atoms with Gasteiger partial charge in [-0.2, -0.15) is 0 Å². The van der Waals surface area contributed by atoms with Gasteiger partial charge in [-0.1, -0.05) is 39.0 Å². The Kier molecular flexibility index (Phi) is 3.87. The molecule has 4 nitrogen and oxygen atoms in total. The van der Waals surface area contributed by atoms with E-state index in [0.29, 0.717) is 31.5 Å². The fourth-order valence-electron chi connectivity index (χ4n) is 5.57. The lowest BCUT2D eigenvalue weighted by atomic mass is 9.50. The van der Waals surface area contributed by atoms with Crippen molar-refractivity contribution in [3.05, 3.63) is 29.8 Å². The highest BCUT2D eigenvalue weighted by molar-refractivity contribution is 5.68. The van der Waals surface area contributed by atoms with Crippen LogP contribution in [0.15, 0.2) is 24.3 Å². The van der Waals surface area contributed by atoms with Crippen LogP contribution in [0.1, 0.15) is 52.2 Å². The summed E-state index contributed by atoms with van der Waals surface area (Å²) in [5.41, 5.74) is 0.794. The predicted octanol–water partition coefficient (Wildman–Crippen LogP) is 4.14. The third-order valence-electron chi connectivity index (χ3n) is 7.06. The Bertz CT molecular complexity index is 686. The molecule has 1 saturated heterocycles. The quantitative estimate of drug-likeness (QED) is 0.773. The first-order valence-electron chi connectivity index (χ1n) is 9.46. The Morgan fingerprint density at radius 3 is 2.84 bits per heavy atom. The molecule has 1 aliphatic carbocycles. The molecule has 4 heteroatoms.